The third-order valence-electron chi connectivity index (χ3n) is 5.66. The maximum Gasteiger partial charge on any atom is 0.322 e. The van der Waals surface area contributed by atoms with Crippen molar-refractivity contribution < 1.29 is 14.3 Å². The molecule has 1 heterocycles. The van der Waals surface area contributed by atoms with E-state index in [1.54, 1.807) is 14.2 Å². The topological polar surface area (TPSA) is 50.8 Å². The number of hydrogen-bond donors (Lipinski definition) is 1. The van der Waals surface area contributed by atoms with Crippen molar-refractivity contribution in [2.45, 2.75) is 38.1 Å². The lowest BCUT2D eigenvalue weighted by Gasteiger charge is -2.27. The number of ether oxygens (including phenoxy) is 2. The summed E-state index contributed by atoms with van der Waals surface area (Å²) in [6, 6.07) is 12.0. The Morgan fingerprint density at radius 2 is 1.89 bits per heavy atom. The van der Waals surface area contributed by atoms with Crippen molar-refractivity contribution in [3.8, 4) is 11.5 Å². The number of benzene rings is 2. The van der Waals surface area contributed by atoms with Crippen LogP contribution in [-0.2, 0) is 12.8 Å². The first-order valence-corrected chi connectivity index (χ1v) is 9.61. The average Bonchev–Trinajstić information content (AvgIpc) is 3.36. The molecule has 27 heavy (non-hydrogen) atoms. The van der Waals surface area contributed by atoms with E-state index in [0.29, 0.717) is 0 Å². The summed E-state index contributed by atoms with van der Waals surface area (Å²) in [6.07, 6.45) is 5.35. The SMILES string of the molecule is COc1ccc(OC)c(C2CCCN2C(=O)Nc2ccc3c(c2)CCC3)c1. The van der Waals surface area contributed by atoms with Crippen molar-refractivity contribution in [2.75, 3.05) is 26.1 Å². The molecule has 1 N–H and O–H groups in total. The molecule has 5 heteroatoms. The van der Waals surface area contributed by atoms with Crippen LogP contribution < -0.4 is 14.8 Å². The maximum absolute atomic E-state index is 13.0. The molecule has 1 fully saturated rings. The van der Waals surface area contributed by atoms with Gasteiger partial charge in [-0.25, -0.2) is 4.79 Å². The number of urea groups is 1. The molecule has 0 bridgehead atoms. The van der Waals surface area contributed by atoms with Crippen LogP contribution in [0.5, 0.6) is 11.5 Å². The summed E-state index contributed by atoms with van der Waals surface area (Å²) in [7, 11) is 3.31. The zero-order valence-electron chi connectivity index (χ0n) is 16.0. The van der Waals surface area contributed by atoms with Crippen molar-refractivity contribution >= 4 is 11.7 Å². The number of anilines is 1. The molecule has 1 aliphatic carbocycles. The number of hydrogen-bond acceptors (Lipinski definition) is 3. The fraction of sp³-hybridized carbons (Fsp3) is 0.409. The van der Waals surface area contributed by atoms with Gasteiger partial charge in [0.15, 0.2) is 0 Å². The Kier molecular flexibility index (Phi) is 4.92. The summed E-state index contributed by atoms with van der Waals surface area (Å²) in [6.45, 7) is 0.738. The van der Waals surface area contributed by atoms with Crippen molar-refractivity contribution in [1.82, 2.24) is 4.90 Å². The number of likely N-dealkylation sites (tertiary alicyclic amines) is 1. The summed E-state index contributed by atoms with van der Waals surface area (Å²) in [5.41, 5.74) is 4.65. The number of amides is 2. The van der Waals surface area contributed by atoms with Crippen LogP contribution in [0.3, 0.4) is 0 Å². The van der Waals surface area contributed by atoms with Gasteiger partial charge in [0, 0.05) is 17.8 Å². The van der Waals surface area contributed by atoms with Crippen molar-refractivity contribution in [2.24, 2.45) is 0 Å². The second-order valence-electron chi connectivity index (χ2n) is 7.23. The molecular weight excluding hydrogens is 340 g/mol. The molecule has 0 saturated carbocycles. The first-order valence-electron chi connectivity index (χ1n) is 9.61. The van der Waals surface area contributed by atoms with Crippen LogP contribution >= 0.6 is 0 Å². The number of nitrogens with one attached hydrogen (secondary N) is 1. The monoisotopic (exact) mass is 366 g/mol. The standard InChI is InChI=1S/C22H26N2O3/c1-26-18-10-11-21(27-2)19(14-18)20-7-4-12-24(20)22(25)23-17-9-8-15-5-3-6-16(15)13-17/h8-11,13-14,20H,3-7,12H2,1-2H3,(H,23,25). The van der Waals surface area contributed by atoms with E-state index in [2.05, 4.69) is 17.4 Å². The van der Waals surface area contributed by atoms with Gasteiger partial charge in [0.25, 0.3) is 0 Å². The van der Waals surface area contributed by atoms with Crippen LogP contribution in [0, 0.1) is 0 Å². The fourth-order valence-electron chi connectivity index (χ4n) is 4.28. The molecule has 2 amide bonds. The summed E-state index contributed by atoms with van der Waals surface area (Å²) in [4.78, 5) is 14.9. The van der Waals surface area contributed by atoms with E-state index in [0.717, 1.165) is 55.0 Å². The lowest BCUT2D eigenvalue weighted by atomic mass is 10.0. The van der Waals surface area contributed by atoms with Crippen LogP contribution in [0.1, 0.15) is 42.0 Å². The molecule has 0 aromatic heterocycles. The van der Waals surface area contributed by atoms with Gasteiger partial charge < -0.3 is 19.7 Å². The molecular formula is C22H26N2O3. The van der Waals surface area contributed by atoms with Crippen LogP contribution in [0.15, 0.2) is 36.4 Å². The van der Waals surface area contributed by atoms with E-state index in [-0.39, 0.29) is 12.1 Å². The molecule has 2 aromatic carbocycles. The van der Waals surface area contributed by atoms with Gasteiger partial charge in [0.1, 0.15) is 11.5 Å². The number of carbonyl (C=O) groups is 1. The van der Waals surface area contributed by atoms with E-state index in [1.807, 2.05) is 29.2 Å². The normalized spacial score (nSPS) is 18.3. The largest absolute Gasteiger partial charge is 0.497 e. The number of nitrogens with zero attached hydrogens (tertiary/aromatic N) is 1. The van der Waals surface area contributed by atoms with Crippen molar-refractivity contribution in [1.29, 1.82) is 0 Å². The zero-order chi connectivity index (χ0) is 18.8. The summed E-state index contributed by atoms with van der Waals surface area (Å²) in [5, 5.41) is 3.09. The van der Waals surface area contributed by atoms with E-state index in [9.17, 15) is 4.79 Å². The molecule has 142 valence electrons. The average molecular weight is 366 g/mol. The maximum atomic E-state index is 13.0. The van der Waals surface area contributed by atoms with E-state index < -0.39 is 0 Å². The summed E-state index contributed by atoms with van der Waals surface area (Å²) >= 11 is 0. The molecule has 4 rings (SSSR count). The lowest BCUT2D eigenvalue weighted by molar-refractivity contribution is 0.206. The van der Waals surface area contributed by atoms with Gasteiger partial charge in [0.2, 0.25) is 0 Å². The van der Waals surface area contributed by atoms with Gasteiger partial charge in [-0.15, -0.1) is 0 Å². The van der Waals surface area contributed by atoms with Gasteiger partial charge in [-0.05, 0) is 73.6 Å². The molecule has 5 nitrogen and oxygen atoms in total. The molecule has 2 aliphatic rings. The lowest BCUT2D eigenvalue weighted by Crippen LogP contribution is -2.34. The number of rotatable bonds is 4. The number of aryl methyl sites for hydroxylation is 2. The summed E-state index contributed by atoms with van der Waals surface area (Å²) in [5.74, 6) is 1.56. The highest BCUT2D eigenvalue weighted by Crippen LogP contribution is 2.39. The first kappa shape index (κ1) is 17.7. The van der Waals surface area contributed by atoms with Gasteiger partial charge in [-0.2, -0.15) is 0 Å². The first-order chi connectivity index (χ1) is 13.2. The Morgan fingerprint density at radius 1 is 1.04 bits per heavy atom. The number of carbonyl (C=O) groups excluding carboxylic acids is 1. The Balaban J connectivity index is 1.55. The Morgan fingerprint density at radius 3 is 2.70 bits per heavy atom. The van der Waals surface area contributed by atoms with Crippen LogP contribution in [0.2, 0.25) is 0 Å². The van der Waals surface area contributed by atoms with E-state index >= 15 is 0 Å². The molecule has 0 radical (unpaired) electrons. The number of methoxy groups -OCH3 is 2. The van der Waals surface area contributed by atoms with Crippen LogP contribution in [0.25, 0.3) is 0 Å². The van der Waals surface area contributed by atoms with Crippen molar-refractivity contribution in [3.05, 3.63) is 53.1 Å². The van der Waals surface area contributed by atoms with Crippen LogP contribution in [-0.4, -0.2) is 31.7 Å². The minimum Gasteiger partial charge on any atom is -0.497 e. The van der Waals surface area contributed by atoms with Gasteiger partial charge >= 0.3 is 6.03 Å². The Labute approximate surface area is 160 Å². The quantitative estimate of drug-likeness (QED) is 0.863. The predicted molar refractivity (Wildman–Crippen MR) is 106 cm³/mol. The molecule has 1 saturated heterocycles. The highest BCUT2D eigenvalue weighted by Gasteiger charge is 2.32. The predicted octanol–water partition coefficient (Wildman–Crippen LogP) is 4.56. The molecule has 0 spiro atoms. The smallest absolute Gasteiger partial charge is 0.322 e. The third kappa shape index (κ3) is 3.46. The third-order valence-corrected chi connectivity index (χ3v) is 5.66. The second kappa shape index (κ2) is 7.51. The minimum absolute atomic E-state index is 0.00974. The molecule has 1 atom stereocenters. The van der Waals surface area contributed by atoms with Gasteiger partial charge in [-0.1, -0.05) is 6.07 Å². The van der Waals surface area contributed by atoms with E-state index in [4.69, 9.17) is 9.47 Å². The van der Waals surface area contributed by atoms with Gasteiger partial charge in [-0.3, -0.25) is 0 Å². The van der Waals surface area contributed by atoms with Crippen LogP contribution in [0.4, 0.5) is 10.5 Å². The second-order valence-corrected chi connectivity index (χ2v) is 7.23. The van der Waals surface area contributed by atoms with Gasteiger partial charge in [0.05, 0.1) is 20.3 Å². The van der Waals surface area contributed by atoms with Crippen molar-refractivity contribution in [3.63, 3.8) is 0 Å². The summed E-state index contributed by atoms with van der Waals surface area (Å²) < 4.78 is 10.9. The fourth-order valence-corrected chi connectivity index (χ4v) is 4.28. The molecule has 2 aromatic rings. The highest BCUT2D eigenvalue weighted by molar-refractivity contribution is 5.90. The highest BCUT2D eigenvalue weighted by atomic mass is 16.5. The number of fused-ring (bicyclic) bond motifs is 1. The minimum atomic E-state index is -0.0553. The Bertz CT molecular complexity index is 849. The Hall–Kier alpha value is -2.69. The molecule has 1 unspecified atom stereocenters. The molecule has 1 aliphatic heterocycles. The zero-order valence-corrected chi connectivity index (χ0v) is 16.0. The van der Waals surface area contributed by atoms with E-state index in [1.165, 1.54) is 17.5 Å².